The van der Waals surface area contributed by atoms with E-state index < -0.39 is 29.1 Å². The maximum absolute atomic E-state index is 13.0. The number of ketones is 1. The van der Waals surface area contributed by atoms with Crippen molar-refractivity contribution in [2.24, 2.45) is 11.3 Å². The number of ether oxygens (including phenoxy) is 1. The Labute approximate surface area is 131 Å². The average Bonchev–Trinajstić information content (AvgIpc) is 2.20. The Bertz CT molecular complexity index is 428. The number of alkyl carbamates (subject to hydrolysis) is 1. The van der Waals surface area contributed by atoms with Crippen LogP contribution in [0.15, 0.2) is 0 Å². The second-order valence-electron chi connectivity index (χ2n) is 8.18. The molecule has 1 aliphatic rings. The maximum atomic E-state index is 13.0. The standard InChI is InChI=1S/C16H27F2NO3/c1-14(2,3)12(20)11(7-10-8-16(17,18)9-10)19-13(21)22-15(4,5)6/h10-11H,7-9H2,1-6H3,(H,19,21)/t11-/m0/s1. The van der Waals surface area contributed by atoms with E-state index in [1.807, 2.05) is 0 Å². The molecule has 0 aromatic heterocycles. The molecule has 4 nitrogen and oxygen atoms in total. The molecule has 0 radical (unpaired) electrons. The Morgan fingerprint density at radius 1 is 1.18 bits per heavy atom. The molecule has 0 unspecified atom stereocenters. The van der Waals surface area contributed by atoms with Crippen LogP contribution in [0.1, 0.15) is 60.8 Å². The smallest absolute Gasteiger partial charge is 0.408 e. The predicted molar refractivity (Wildman–Crippen MR) is 79.9 cm³/mol. The van der Waals surface area contributed by atoms with Crippen molar-refractivity contribution < 1.29 is 23.1 Å². The lowest BCUT2D eigenvalue weighted by Crippen LogP contribution is -2.50. The molecule has 0 bridgehead atoms. The summed E-state index contributed by atoms with van der Waals surface area (Å²) in [4.78, 5) is 24.3. The van der Waals surface area contributed by atoms with Gasteiger partial charge in [0, 0.05) is 18.3 Å². The third kappa shape index (κ3) is 5.89. The molecule has 128 valence electrons. The highest BCUT2D eigenvalue weighted by molar-refractivity contribution is 5.91. The molecule has 0 spiro atoms. The van der Waals surface area contributed by atoms with Gasteiger partial charge in [-0.05, 0) is 33.1 Å². The summed E-state index contributed by atoms with van der Waals surface area (Å²) in [6, 6.07) is -0.795. The number of rotatable bonds is 4. The monoisotopic (exact) mass is 319 g/mol. The highest BCUT2D eigenvalue weighted by atomic mass is 19.3. The van der Waals surface area contributed by atoms with Gasteiger partial charge in [-0.2, -0.15) is 0 Å². The summed E-state index contributed by atoms with van der Waals surface area (Å²) >= 11 is 0. The van der Waals surface area contributed by atoms with E-state index >= 15 is 0 Å². The Kier molecular flexibility index (Phi) is 5.25. The van der Waals surface area contributed by atoms with E-state index in [0.717, 1.165) is 0 Å². The van der Waals surface area contributed by atoms with Crippen LogP contribution in [0, 0.1) is 11.3 Å². The minimum absolute atomic E-state index is 0.173. The van der Waals surface area contributed by atoms with Crippen molar-refractivity contribution in [1.82, 2.24) is 5.32 Å². The number of alkyl halides is 2. The van der Waals surface area contributed by atoms with E-state index in [9.17, 15) is 18.4 Å². The lowest BCUT2D eigenvalue weighted by atomic mass is 9.74. The highest BCUT2D eigenvalue weighted by Gasteiger charge is 2.47. The van der Waals surface area contributed by atoms with Crippen LogP contribution in [0.3, 0.4) is 0 Å². The van der Waals surface area contributed by atoms with Crippen molar-refractivity contribution in [3.63, 3.8) is 0 Å². The van der Waals surface area contributed by atoms with E-state index in [4.69, 9.17) is 4.74 Å². The number of halogens is 2. The van der Waals surface area contributed by atoms with Crippen molar-refractivity contribution in [3.8, 4) is 0 Å². The summed E-state index contributed by atoms with van der Waals surface area (Å²) in [7, 11) is 0. The summed E-state index contributed by atoms with van der Waals surface area (Å²) in [5.74, 6) is -3.05. The molecular weight excluding hydrogens is 292 g/mol. The van der Waals surface area contributed by atoms with Gasteiger partial charge in [-0.1, -0.05) is 20.8 Å². The zero-order chi connectivity index (χ0) is 17.3. The summed E-state index contributed by atoms with van der Waals surface area (Å²) < 4.78 is 31.1. The van der Waals surface area contributed by atoms with Crippen molar-refractivity contribution in [1.29, 1.82) is 0 Å². The molecule has 1 saturated carbocycles. The lowest BCUT2D eigenvalue weighted by Gasteiger charge is -2.38. The SMILES string of the molecule is CC(C)(C)OC(=O)N[C@@H](CC1CC(F)(F)C1)C(=O)C(C)(C)C. The third-order valence-corrected chi connectivity index (χ3v) is 3.49. The number of hydrogen-bond donors (Lipinski definition) is 1. The molecule has 0 aromatic rings. The van der Waals surface area contributed by atoms with Crippen LogP contribution in [0.4, 0.5) is 13.6 Å². The Morgan fingerprint density at radius 2 is 1.68 bits per heavy atom. The number of carbonyl (C=O) groups excluding carboxylic acids is 2. The second kappa shape index (κ2) is 6.13. The van der Waals surface area contributed by atoms with Crippen molar-refractivity contribution in [2.45, 2.75) is 78.4 Å². The number of amides is 1. The van der Waals surface area contributed by atoms with Gasteiger partial charge >= 0.3 is 6.09 Å². The largest absolute Gasteiger partial charge is 0.444 e. The van der Waals surface area contributed by atoms with Gasteiger partial charge in [0.2, 0.25) is 5.92 Å². The zero-order valence-corrected chi connectivity index (χ0v) is 14.3. The molecule has 1 fully saturated rings. The maximum Gasteiger partial charge on any atom is 0.408 e. The van der Waals surface area contributed by atoms with Crippen LogP contribution >= 0.6 is 0 Å². The van der Waals surface area contributed by atoms with Crippen LogP contribution < -0.4 is 5.32 Å². The van der Waals surface area contributed by atoms with Gasteiger partial charge in [0.1, 0.15) is 5.60 Å². The molecule has 1 rings (SSSR count). The molecule has 0 heterocycles. The van der Waals surface area contributed by atoms with E-state index in [0.29, 0.717) is 0 Å². The number of carbonyl (C=O) groups is 2. The van der Waals surface area contributed by atoms with Crippen molar-refractivity contribution in [2.75, 3.05) is 0 Å². The molecule has 1 amide bonds. The molecule has 22 heavy (non-hydrogen) atoms. The van der Waals surface area contributed by atoms with E-state index in [2.05, 4.69) is 5.32 Å². The second-order valence-corrected chi connectivity index (χ2v) is 8.18. The summed E-state index contributed by atoms with van der Waals surface area (Å²) in [5, 5.41) is 2.55. The highest BCUT2D eigenvalue weighted by Crippen LogP contribution is 2.44. The van der Waals surface area contributed by atoms with Gasteiger partial charge in [-0.3, -0.25) is 4.79 Å². The van der Waals surface area contributed by atoms with E-state index in [-0.39, 0.29) is 31.0 Å². The van der Waals surface area contributed by atoms with E-state index in [1.54, 1.807) is 41.5 Å². The molecule has 0 saturated heterocycles. The van der Waals surface area contributed by atoms with Gasteiger partial charge in [0.25, 0.3) is 0 Å². The zero-order valence-electron chi connectivity index (χ0n) is 14.3. The summed E-state index contributed by atoms with van der Waals surface area (Å²) in [6.07, 6.45) is -0.917. The van der Waals surface area contributed by atoms with Gasteiger partial charge in [0.05, 0.1) is 6.04 Å². The summed E-state index contributed by atoms with van der Waals surface area (Å²) in [6.45, 7) is 10.4. The Balaban J connectivity index is 2.71. The van der Waals surface area contributed by atoms with Crippen LogP contribution in [-0.4, -0.2) is 29.4 Å². The van der Waals surface area contributed by atoms with Gasteiger partial charge in [0.15, 0.2) is 5.78 Å². The molecular formula is C16H27F2NO3. The van der Waals surface area contributed by atoms with E-state index in [1.165, 1.54) is 0 Å². The fourth-order valence-electron chi connectivity index (χ4n) is 2.49. The molecule has 1 N–H and O–H groups in total. The normalized spacial score (nSPS) is 20.0. The van der Waals surface area contributed by atoms with Crippen LogP contribution in [0.25, 0.3) is 0 Å². The molecule has 6 heteroatoms. The average molecular weight is 319 g/mol. The quantitative estimate of drug-likeness (QED) is 0.854. The lowest BCUT2D eigenvalue weighted by molar-refractivity contribution is -0.134. The van der Waals surface area contributed by atoms with Crippen LogP contribution in [0.2, 0.25) is 0 Å². The van der Waals surface area contributed by atoms with Crippen molar-refractivity contribution >= 4 is 11.9 Å². The number of nitrogens with one attached hydrogen (secondary N) is 1. The Morgan fingerprint density at radius 3 is 2.05 bits per heavy atom. The number of Topliss-reactive ketones (excluding diaryl/α,β-unsaturated/α-hetero) is 1. The minimum Gasteiger partial charge on any atom is -0.444 e. The minimum atomic E-state index is -2.63. The van der Waals surface area contributed by atoms with Gasteiger partial charge in [-0.25, -0.2) is 13.6 Å². The predicted octanol–water partition coefficient (Wildman–Crippen LogP) is 3.93. The first-order valence-corrected chi connectivity index (χ1v) is 7.61. The molecule has 1 atom stereocenters. The molecule has 0 aliphatic heterocycles. The first-order valence-electron chi connectivity index (χ1n) is 7.61. The Hall–Kier alpha value is -1.20. The number of hydrogen-bond acceptors (Lipinski definition) is 3. The fourth-order valence-corrected chi connectivity index (χ4v) is 2.49. The molecule has 0 aromatic carbocycles. The first kappa shape index (κ1) is 18.8. The third-order valence-electron chi connectivity index (χ3n) is 3.49. The van der Waals surface area contributed by atoms with Crippen LogP contribution in [-0.2, 0) is 9.53 Å². The topological polar surface area (TPSA) is 55.4 Å². The van der Waals surface area contributed by atoms with Gasteiger partial charge < -0.3 is 10.1 Å². The summed E-state index contributed by atoms with van der Waals surface area (Å²) in [5.41, 5.74) is -1.34. The van der Waals surface area contributed by atoms with Crippen molar-refractivity contribution in [3.05, 3.63) is 0 Å². The fraction of sp³-hybridized carbons (Fsp3) is 0.875. The van der Waals surface area contributed by atoms with Crippen LogP contribution in [0.5, 0.6) is 0 Å². The molecule has 1 aliphatic carbocycles. The first-order chi connectivity index (χ1) is 9.70. The van der Waals surface area contributed by atoms with Gasteiger partial charge in [-0.15, -0.1) is 0 Å².